The fraction of sp³-hybridized carbons (Fsp3) is 0.350. The summed E-state index contributed by atoms with van der Waals surface area (Å²) in [5.74, 6) is -0.0382. The molecule has 2 aromatic rings. The molecule has 4 nitrogen and oxygen atoms in total. The van der Waals surface area contributed by atoms with Crippen LogP contribution < -0.4 is 15.5 Å². The highest BCUT2D eigenvalue weighted by molar-refractivity contribution is 5.94. The first kappa shape index (κ1) is 17.9. The molecule has 0 radical (unpaired) electrons. The summed E-state index contributed by atoms with van der Waals surface area (Å²) in [4.78, 5) is 14.4. The Kier molecular flexibility index (Phi) is 6.67. The third-order valence-electron chi connectivity index (χ3n) is 4.12. The molecule has 2 aromatic carbocycles. The number of carbonyl (C=O) groups is 1. The van der Waals surface area contributed by atoms with Crippen LogP contribution in [-0.2, 0) is 11.2 Å². The van der Waals surface area contributed by atoms with Gasteiger partial charge in [0.15, 0.2) is 0 Å². The van der Waals surface area contributed by atoms with E-state index in [1.807, 2.05) is 36.4 Å². The van der Waals surface area contributed by atoms with Gasteiger partial charge in [0.05, 0.1) is 6.54 Å². The zero-order valence-corrected chi connectivity index (χ0v) is 14.8. The number of rotatable bonds is 8. The molecule has 128 valence electrons. The summed E-state index contributed by atoms with van der Waals surface area (Å²) < 4.78 is 0. The van der Waals surface area contributed by atoms with E-state index >= 15 is 0 Å². The fourth-order valence-electron chi connectivity index (χ4n) is 2.71. The molecule has 0 saturated carbocycles. The van der Waals surface area contributed by atoms with Gasteiger partial charge in [-0.05, 0) is 56.2 Å². The zero-order chi connectivity index (χ0) is 17.4. The minimum absolute atomic E-state index is 0.0382. The number of hydrogen-bond acceptors (Lipinski definition) is 3. The van der Waals surface area contributed by atoms with Gasteiger partial charge in [-0.1, -0.05) is 25.1 Å². The van der Waals surface area contributed by atoms with Gasteiger partial charge < -0.3 is 15.5 Å². The number of nitrogens with zero attached hydrogens (tertiary/aromatic N) is 1. The topological polar surface area (TPSA) is 44.4 Å². The first-order valence-electron chi connectivity index (χ1n) is 8.64. The Balaban J connectivity index is 1.90. The van der Waals surface area contributed by atoms with Gasteiger partial charge in [0.1, 0.15) is 0 Å². The van der Waals surface area contributed by atoms with E-state index < -0.39 is 0 Å². The quantitative estimate of drug-likeness (QED) is 0.766. The molecule has 0 atom stereocenters. The maximum atomic E-state index is 12.1. The number of amides is 1. The van der Waals surface area contributed by atoms with Gasteiger partial charge in [-0.15, -0.1) is 0 Å². The molecule has 0 heterocycles. The van der Waals surface area contributed by atoms with Crippen molar-refractivity contribution in [1.29, 1.82) is 0 Å². The van der Waals surface area contributed by atoms with Crippen molar-refractivity contribution < 1.29 is 4.79 Å². The number of nitrogens with one attached hydrogen (secondary N) is 2. The molecule has 1 amide bonds. The standard InChI is InChI=1S/C20H27N3O/c1-4-16-9-7-8-10-19(16)22-20(24)15-21-17-11-13-18(14-12-17)23(5-2)6-3/h7-14,21H,4-6,15H2,1-3H3,(H,22,24). The Morgan fingerprint density at radius 2 is 1.62 bits per heavy atom. The number of benzene rings is 2. The summed E-state index contributed by atoms with van der Waals surface area (Å²) in [7, 11) is 0. The number of para-hydroxylation sites is 1. The van der Waals surface area contributed by atoms with Crippen LogP contribution in [0.5, 0.6) is 0 Å². The van der Waals surface area contributed by atoms with Crippen LogP contribution in [0.15, 0.2) is 48.5 Å². The summed E-state index contributed by atoms with van der Waals surface area (Å²) in [6, 6.07) is 16.1. The number of anilines is 3. The Morgan fingerprint density at radius 1 is 0.958 bits per heavy atom. The Hall–Kier alpha value is -2.49. The zero-order valence-electron chi connectivity index (χ0n) is 14.8. The van der Waals surface area contributed by atoms with Gasteiger partial charge in [-0.25, -0.2) is 0 Å². The van der Waals surface area contributed by atoms with Crippen molar-refractivity contribution in [3.63, 3.8) is 0 Å². The van der Waals surface area contributed by atoms with Gasteiger partial charge >= 0.3 is 0 Å². The van der Waals surface area contributed by atoms with E-state index in [1.54, 1.807) is 0 Å². The number of carbonyl (C=O) groups excluding carboxylic acids is 1. The molecule has 0 fully saturated rings. The van der Waals surface area contributed by atoms with Gasteiger partial charge in [-0.2, -0.15) is 0 Å². The van der Waals surface area contributed by atoms with E-state index in [4.69, 9.17) is 0 Å². The average Bonchev–Trinajstić information content (AvgIpc) is 2.62. The molecular formula is C20H27N3O. The van der Waals surface area contributed by atoms with Crippen molar-refractivity contribution in [2.45, 2.75) is 27.2 Å². The lowest BCUT2D eigenvalue weighted by molar-refractivity contribution is -0.114. The Morgan fingerprint density at radius 3 is 2.25 bits per heavy atom. The first-order valence-corrected chi connectivity index (χ1v) is 8.64. The molecule has 2 rings (SSSR count). The molecule has 4 heteroatoms. The summed E-state index contributed by atoms with van der Waals surface area (Å²) >= 11 is 0. The average molecular weight is 325 g/mol. The van der Waals surface area contributed by atoms with E-state index in [0.717, 1.165) is 36.4 Å². The van der Waals surface area contributed by atoms with E-state index in [1.165, 1.54) is 5.69 Å². The first-order chi connectivity index (χ1) is 11.7. The lowest BCUT2D eigenvalue weighted by Crippen LogP contribution is -2.23. The van der Waals surface area contributed by atoms with Crippen molar-refractivity contribution in [3.05, 3.63) is 54.1 Å². The van der Waals surface area contributed by atoms with Crippen molar-refractivity contribution in [2.75, 3.05) is 35.2 Å². The second-order valence-electron chi connectivity index (χ2n) is 5.63. The Bertz CT molecular complexity index is 648. The Labute approximate surface area is 144 Å². The molecule has 0 bridgehead atoms. The predicted molar refractivity (Wildman–Crippen MR) is 103 cm³/mol. The molecule has 0 unspecified atom stereocenters. The molecule has 2 N–H and O–H groups in total. The van der Waals surface area contributed by atoms with Crippen LogP contribution in [0.1, 0.15) is 26.3 Å². The van der Waals surface area contributed by atoms with Gasteiger partial charge in [0.2, 0.25) is 5.91 Å². The van der Waals surface area contributed by atoms with Gasteiger partial charge in [0, 0.05) is 30.2 Å². The molecular weight excluding hydrogens is 298 g/mol. The molecule has 0 spiro atoms. The van der Waals surface area contributed by atoms with Crippen molar-refractivity contribution >= 4 is 23.0 Å². The largest absolute Gasteiger partial charge is 0.376 e. The highest BCUT2D eigenvalue weighted by Crippen LogP contribution is 2.18. The normalized spacial score (nSPS) is 10.3. The fourth-order valence-corrected chi connectivity index (χ4v) is 2.71. The smallest absolute Gasteiger partial charge is 0.243 e. The molecule has 24 heavy (non-hydrogen) atoms. The van der Waals surface area contributed by atoms with Crippen LogP contribution in [-0.4, -0.2) is 25.5 Å². The predicted octanol–water partition coefficient (Wildman–Crippen LogP) is 4.15. The van der Waals surface area contributed by atoms with Gasteiger partial charge in [-0.3, -0.25) is 4.79 Å². The second-order valence-corrected chi connectivity index (χ2v) is 5.63. The monoisotopic (exact) mass is 325 g/mol. The van der Waals surface area contributed by atoms with Crippen molar-refractivity contribution in [2.24, 2.45) is 0 Å². The third kappa shape index (κ3) is 4.75. The van der Waals surface area contributed by atoms with Crippen LogP contribution in [0.2, 0.25) is 0 Å². The third-order valence-corrected chi connectivity index (χ3v) is 4.12. The molecule has 0 aliphatic heterocycles. The maximum Gasteiger partial charge on any atom is 0.243 e. The van der Waals surface area contributed by atoms with Crippen LogP contribution in [0.3, 0.4) is 0 Å². The number of hydrogen-bond donors (Lipinski definition) is 2. The van der Waals surface area contributed by atoms with Crippen LogP contribution in [0, 0.1) is 0 Å². The molecule has 0 aliphatic carbocycles. The summed E-state index contributed by atoms with van der Waals surface area (Å²) in [5.41, 5.74) is 4.19. The summed E-state index contributed by atoms with van der Waals surface area (Å²) in [6.45, 7) is 8.61. The van der Waals surface area contributed by atoms with E-state index in [0.29, 0.717) is 0 Å². The summed E-state index contributed by atoms with van der Waals surface area (Å²) in [6.07, 6.45) is 0.900. The lowest BCUT2D eigenvalue weighted by Gasteiger charge is -2.21. The SMILES string of the molecule is CCc1ccccc1NC(=O)CNc1ccc(N(CC)CC)cc1. The van der Waals surface area contributed by atoms with Crippen molar-refractivity contribution in [3.8, 4) is 0 Å². The van der Waals surface area contributed by atoms with Crippen LogP contribution in [0.4, 0.5) is 17.1 Å². The van der Waals surface area contributed by atoms with E-state index in [2.05, 4.69) is 48.4 Å². The van der Waals surface area contributed by atoms with Crippen LogP contribution >= 0.6 is 0 Å². The van der Waals surface area contributed by atoms with E-state index in [-0.39, 0.29) is 12.5 Å². The second kappa shape index (κ2) is 8.96. The lowest BCUT2D eigenvalue weighted by atomic mass is 10.1. The summed E-state index contributed by atoms with van der Waals surface area (Å²) in [5, 5.41) is 6.14. The van der Waals surface area contributed by atoms with E-state index in [9.17, 15) is 4.79 Å². The molecule has 0 saturated heterocycles. The minimum atomic E-state index is -0.0382. The number of aryl methyl sites for hydroxylation is 1. The molecule has 0 aromatic heterocycles. The van der Waals surface area contributed by atoms with Crippen molar-refractivity contribution in [1.82, 2.24) is 0 Å². The highest BCUT2D eigenvalue weighted by atomic mass is 16.1. The maximum absolute atomic E-state index is 12.1. The highest BCUT2D eigenvalue weighted by Gasteiger charge is 2.06. The van der Waals surface area contributed by atoms with Gasteiger partial charge in [0.25, 0.3) is 0 Å². The minimum Gasteiger partial charge on any atom is -0.376 e. The molecule has 0 aliphatic rings. The van der Waals surface area contributed by atoms with Crippen LogP contribution in [0.25, 0.3) is 0 Å².